The average Bonchev–Trinajstić information content (AvgIpc) is 1.12. The van der Waals surface area contributed by atoms with Crippen LogP contribution >= 0.6 is 9.90 Å². The minimum absolute atomic E-state index is 0. The predicted molar refractivity (Wildman–Crippen MR) is 40.8 cm³/mol. The van der Waals surface area contributed by atoms with Gasteiger partial charge in [0.05, 0.1) is 0 Å². The molecule has 0 aliphatic carbocycles. The van der Waals surface area contributed by atoms with Gasteiger partial charge in [-0.15, -0.1) is 0 Å². The van der Waals surface area contributed by atoms with E-state index in [1.165, 1.54) is 0 Å². The fourth-order valence-electron chi connectivity index (χ4n) is 0. The normalized spacial score (nSPS) is 9.23. The molecule has 0 aromatic heterocycles. The van der Waals surface area contributed by atoms with E-state index in [0.717, 1.165) is 0 Å². The first-order valence-corrected chi connectivity index (χ1v) is 5.07. The van der Waals surface area contributed by atoms with Crippen molar-refractivity contribution in [2.75, 3.05) is 0 Å². The molecule has 0 saturated heterocycles. The molecule has 1 unspecified atom stereocenters. The molecule has 13 heteroatoms. The average molecular weight is 272 g/mol. The van der Waals surface area contributed by atoms with Crippen molar-refractivity contribution in [3.8, 4) is 0 Å². The van der Waals surface area contributed by atoms with E-state index < -0.39 is 18.1 Å². The Hall–Kier alpha value is 1.84. The van der Waals surface area contributed by atoms with Crippen molar-refractivity contribution >= 4 is 68.4 Å². The molecule has 0 spiro atoms. The molecule has 13 heavy (non-hydrogen) atoms. The smallest absolute Gasteiger partial charge is 0.894 e. The van der Waals surface area contributed by atoms with E-state index >= 15 is 0 Å². The third kappa shape index (κ3) is 572. The second kappa shape index (κ2) is 11.9. The Morgan fingerprint density at radius 2 is 0.769 bits per heavy atom. The number of rotatable bonds is 0. The summed E-state index contributed by atoms with van der Waals surface area (Å²) in [6, 6.07) is 0. The maximum Gasteiger partial charge on any atom is 3.00 e. The molecule has 3 N–H and O–H groups in total. The Labute approximate surface area is 106 Å². The van der Waals surface area contributed by atoms with Crippen LogP contribution in [0, 0.1) is 0 Å². The topological polar surface area (TPSA) is 176 Å². The largest absolute Gasteiger partial charge is 3.00 e. The van der Waals surface area contributed by atoms with Crippen LogP contribution in [-0.2, 0) is 0 Å². The molecule has 0 radical (unpaired) electrons. The van der Waals surface area contributed by atoms with Crippen LogP contribution in [-0.4, -0.2) is 72.9 Å². The van der Waals surface area contributed by atoms with Gasteiger partial charge in [-0.25, -0.2) is 0 Å². The first-order chi connectivity index (χ1) is 4.00. The molecular weight excluding hydrogens is 266 g/mol. The Morgan fingerprint density at radius 1 is 0.769 bits per heavy atom. The molecular formula is H6AlMgO8PSi2. The molecule has 0 fully saturated rings. The summed E-state index contributed by atoms with van der Waals surface area (Å²) in [4.78, 5) is 64.9. The van der Waals surface area contributed by atoms with E-state index in [1.807, 2.05) is 0 Å². The van der Waals surface area contributed by atoms with Gasteiger partial charge in [-0.1, -0.05) is 0 Å². The molecule has 72 valence electrons. The van der Waals surface area contributed by atoms with Crippen LogP contribution in [0.5, 0.6) is 0 Å². The molecule has 0 aliphatic heterocycles. The molecule has 0 heterocycles. The van der Waals surface area contributed by atoms with Gasteiger partial charge >= 0.3 is 49.5 Å². The van der Waals surface area contributed by atoms with Gasteiger partial charge in [0, 0.05) is 0 Å². The van der Waals surface area contributed by atoms with Crippen molar-refractivity contribution in [3.05, 3.63) is 0 Å². The van der Waals surface area contributed by atoms with Gasteiger partial charge in [0.25, 0.3) is 0 Å². The molecule has 0 aromatic rings. The van der Waals surface area contributed by atoms with Crippen molar-refractivity contribution in [2.24, 2.45) is 0 Å². The molecule has 8 nitrogen and oxygen atoms in total. The van der Waals surface area contributed by atoms with Gasteiger partial charge in [0.2, 0.25) is 0 Å². The second-order valence-corrected chi connectivity index (χ2v) is 3.22. The zero-order valence-electron chi connectivity index (χ0n) is 6.37. The molecule has 0 aromatic carbocycles. The molecule has 0 bridgehead atoms. The van der Waals surface area contributed by atoms with E-state index in [0.29, 0.717) is 0 Å². The number of hydrogen-bond donors (Lipinski definition) is 3. The van der Waals surface area contributed by atoms with Gasteiger partial charge in [0.15, 0.2) is 0 Å². The van der Waals surface area contributed by atoms with E-state index in [-0.39, 0.29) is 50.3 Å². The molecule has 0 saturated carbocycles. The number of hydrogen-bond acceptors (Lipinski definition) is 8. The van der Waals surface area contributed by atoms with Gasteiger partial charge in [0.1, 0.15) is 0 Å². The standard InChI is InChI=1S/Al.Mg.H3O4Si.O4Si.H3P/c;;2*1-5(2,3)4;/h;;1-3H;;1H3/q+3;+2;-1;-4;. The summed E-state index contributed by atoms with van der Waals surface area (Å²) >= 11 is 0. The summed E-state index contributed by atoms with van der Waals surface area (Å²) in [6.07, 6.45) is 0. The van der Waals surface area contributed by atoms with Crippen LogP contribution in [0.4, 0.5) is 0 Å². The fourth-order valence-corrected chi connectivity index (χ4v) is 0. The summed E-state index contributed by atoms with van der Waals surface area (Å²) < 4.78 is 0. The minimum atomic E-state index is -5.61. The second-order valence-electron chi connectivity index (χ2n) is 1.07. The van der Waals surface area contributed by atoms with E-state index in [9.17, 15) is 0 Å². The van der Waals surface area contributed by atoms with Crippen LogP contribution in [0.2, 0.25) is 0 Å². The maximum absolute atomic E-state index is 8.91. The van der Waals surface area contributed by atoms with Gasteiger partial charge in [-0.05, 0) is 0 Å². The Kier molecular flexibility index (Phi) is 26.9. The maximum atomic E-state index is 8.91. The van der Waals surface area contributed by atoms with Crippen molar-refractivity contribution in [1.29, 1.82) is 0 Å². The zero-order chi connectivity index (χ0) is 9.00. The Balaban J connectivity index is -0.0000000267. The quantitative estimate of drug-likeness (QED) is 0.287. The van der Waals surface area contributed by atoms with Crippen LogP contribution in [0.3, 0.4) is 0 Å². The van der Waals surface area contributed by atoms with Gasteiger partial charge in [-0.2, -0.15) is 9.90 Å². The molecule has 0 amide bonds. The Morgan fingerprint density at radius 3 is 0.769 bits per heavy atom. The van der Waals surface area contributed by atoms with Crippen molar-refractivity contribution in [1.82, 2.24) is 0 Å². The van der Waals surface area contributed by atoms with E-state index in [1.54, 1.807) is 0 Å². The summed E-state index contributed by atoms with van der Waals surface area (Å²) in [7, 11) is -10.5. The van der Waals surface area contributed by atoms with Crippen molar-refractivity contribution in [2.45, 2.75) is 0 Å². The minimum Gasteiger partial charge on any atom is -0.894 e. The van der Waals surface area contributed by atoms with Crippen LogP contribution in [0.1, 0.15) is 0 Å². The molecule has 0 rings (SSSR count). The SMILES string of the molecule is P.[Al+3].[Mg+2].[O-][Si](O)(O)O.[O-][Si]([O-])([O-])[O-]. The van der Waals surface area contributed by atoms with E-state index in [2.05, 4.69) is 0 Å². The summed E-state index contributed by atoms with van der Waals surface area (Å²) in [6.45, 7) is 0. The Bertz CT molecular complexity index is 65.1. The van der Waals surface area contributed by atoms with Gasteiger partial charge < -0.3 is 47.4 Å². The van der Waals surface area contributed by atoms with Crippen molar-refractivity contribution in [3.63, 3.8) is 0 Å². The first kappa shape index (κ1) is 29.4. The fraction of sp³-hybridized carbons (Fsp3) is 0. The predicted octanol–water partition coefficient (Wildman–Crippen LogP) is -9.08. The third-order valence-corrected chi connectivity index (χ3v) is 0. The van der Waals surface area contributed by atoms with Gasteiger partial charge in [-0.3, -0.25) is 0 Å². The van der Waals surface area contributed by atoms with Crippen LogP contribution in [0.25, 0.3) is 0 Å². The molecule has 1 atom stereocenters. The molecule has 0 aliphatic rings. The first-order valence-electron chi connectivity index (χ1n) is 1.69. The van der Waals surface area contributed by atoms with Crippen molar-refractivity contribution < 1.29 is 38.4 Å². The van der Waals surface area contributed by atoms with Crippen LogP contribution in [0.15, 0.2) is 0 Å². The zero-order valence-corrected chi connectivity index (χ0v) is 12.4. The summed E-state index contributed by atoms with van der Waals surface area (Å²) in [5.74, 6) is 0. The summed E-state index contributed by atoms with van der Waals surface area (Å²) in [5, 5.41) is 0. The summed E-state index contributed by atoms with van der Waals surface area (Å²) in [5.41, 5.74) is 0. The van der Waals surface area contributed by atoms with Crippen LogP contribution < -0.4 is 24.0 Å². The monoisotopic (exact) mass is 272 g/mol. The van der Waals surface area contributed by atoms with E-state index in [4.69, 9.17) is 38.4 Å². The third-order valence-electron chi connectivity index (χ3n) is 0.